The fourth-order valence-electron chi connectivity index (χ4n) is 0.625. The van der Waals surface area contributed by atoms with Crippen LogP contribution in [-0.2, 0) is 4.79 Å². The first-order valence-electron chi connectivity index (χ1n) is 4.34. The topological polar surface area (TPSA) is 95.4 Å². The van der Waals surface area contributed by atoms with Gasteiger partial charge in [0.1, 0.15) is 12.0 Å². The van der Waals surface area contributed by atoms with Crippen LogP contribution in [0.1, 0.15) is 23.7 Å². The van der Waals surface area contributed by atoms with Crippen molar-refractivity contribution in [1.29, 1.82) is 0 Å². The molecule has 1 aromatic carbocycles. The maximum atomic E-state index is 10.1. The van der Waals surface area contributed by atoms with E-state index in [2.05, 4.69) is 10.6 Å². The summed E-state index contributed by atoms with van der Waals surface area (Å²) in [6.45, 7) is 1.72. The highest BCUT2D eigenvalue weighted by atomic mass is 16.6. The lowest BCUT2D eigenvalue weighted by Gasteiger charge is -1.95. The summed E-state index contributed by atoms with van der Waals surface area (Å²) in [7, 11) is 0. The number of aldehydes is 1. The minimum Gasteiger partial charge on any atom is -0.412 e. The van der Waals surface area contributed by atoms with Crippen LogP contribution in [0.15, 0.2) is 24.3 Å². The van der Waals surface area contributed by atoms with Crippen molar-refractivity contribution in [2.45, 2.75) is 13.3 Å². The highest BCUT2D eigenvalue weighted by Crippen LogP contribution is 2.08. The Morgan fingerprint density at radius 3 is 2.13 bits per heavy atom. The third-order valence-electron chi connectivity index (χ3n) is 1.50. The maximum absolute atomic E-state index is 10.1. The Morgan fingerprint density at radius 2 is 1.87 bits per heavy atom. The van der Waals surface area contributed by atoms with Crippen molar-refractivity contribution in [3.05, 3.63) is 29.8 Å². The summed E-state index contributed by atoms with van der Waals surface area (Å²) in [5.41, 5.74) is 5.26. The number of hydrogen-bond donors (Lipinski definition) is 2. The van der Waals surface area contributed by atoms with Crippen LogP contribution in [0.25, 0.3) is 0 Å². The smallest absolute Gasteiger partial charge is 0.217 e. The van der Waals surface area contributed by atoms with Gasteiger partial charge in [-0.15, -0.1) is 0 Å². The predicted octanol–water partition coefficient (Wildman–Crippen LogP) is 0.633. The van der Waals surface area contributed by atoms with Crippen molar-refractivity contribution < 1.29 is 14.4 Å². The molecule has 5 heteroatoms. The van der Waals surface area contributed by atoms with Crippen LogP contribution in [0.3, 0.4) is 0 Å². The Balaban J connectivity index is 0.000000336. The molecule has 15 heavy (non-hydrogen) atoms. The SMILES string of the molecule is CCC(N)=O.NOc1ccc(C=O)cc1. The number of benzene rings is 1. The van der Waals surface area contributed by atoms with Crippen molar-refractivity contribution in [2.24, 2.45) is 11.6 Å². The molecule has 0 aliphatic heterocycles. The summed E-state index contributed by atoms with van der Waals surface area (Å²) in [5.74, 6) is 5.15. The molecular weight excluding hydrogens is 196 g/mol. The monoisotopic (exact) mass is 210 g/mol. The highest BCUT2D eigenvalue weighted by Gasteiger charge is 1.90. The van der Waals surface area contributed by atoms with Gasteiger partial charge in [0.05, 0.1) is 0 Å². The molecule has 0 aromatic heterocycles. The van der Waals surface area contributed by atoms with E-state index in [9.17, 15) is 9.59 Å². The van der Waals surface area contributed by atoms with Gasteiger partial charge in [0.25, 0.3) is 0 Å². The minimum absolute atomic E-state index is 0.245. The quantitative estimate of drug-likeness (QED) is 0.565. The average molecular weight is 210 g/mol. The largest absolute Gasteiger partial charge is 0.412 e. The van der Waals surface area contributed by atoms with Gasteiger partial charge >= 0.3 is 0 Å². The van der Waals surface area contributed by atoms with E-state index >= 15 is 0 Å². The average Bonchev–Trinajstić information content (AvgIpc) is 2.30. The van der Waals surface area contributed by atoms with Crippen LogP contribution in [-0.4, -0.2) is 12.2 Å². The van der Waals surface area contributed by atoms with Gasteiger partial charge in [-0.2, -0.15) is 5.90 Å². The van der Waals surface area contributed by atoms with Crippen molar-refractivity contribution in [2.75, 3.05) is 0 Å². The molecule has 5 nitrogen and oxygen atoms in total. The summed E-state index contributed by atoms with van der Waals surface area (Å²) < 4.78 is 0. The first-order valence-corrected chi connectivity index (χ1v) is 4.34. The van der Waals surface area contributed by atoms with Crippen LogP contribution in [0, 0.1) is 0 Å². The van der Waals surface area contributed by atoms with Gasteiger partial charge < -0.3 is 10.6 Å². The van der Waals surface area contributed by atoms with Gasteiger partial charge in [0.2, 0.25) is 5.91 Å². The number of nitrogens with two attached hydrogens (primary N) is 2. The molecule has 0 unspecified atom stereocenters. The number of amides is 1. The summed E-state index contributed by atoms with van der Waals surface area (Å²) in [6, 6.07) is 6.53. The molecule has 82 valence electrons. The highest BCUT2D eigenvalue weighted by molar-refractivity contribution is 5.74. The first-order chi connectivity index (χ1) is 7.13. The van der Waals surface area contributed by atoms with Crippen molar-refractivity contribution in [3.8, 4) is 5.75 Å². The van der Waals surface area contributed by atoms with Crippen LogP contribution < -0.4 is 16.5 Å². The van der Waals surface area contributed by atoms with Crippen LogP contribution in [0.2, 0.25) is 0 Å². The fourth-order valence-corrected chi connectivity index (χ4v) is 0.625. The molecule has 0 spiro atoms. The molecule has 0 aliphatic carbocycles. The molecule has 1 amide bonds. The lowest BCUT2D eigenvalue weighted by atomic mass is 10.2. The molecule has 0 heterocycles. The molecule has 0 aliphatic rings. The second-order valence-corrected chi connectivity index (χ2v) is 2.62. The van der Waals surface area contributed by atoms with Crippen LogP contribution >= 0.6 is 0 Å². The fraction of sp³-hybridized carbons (Fsp3) is 0.200. The van der Waals surface area contributed by atoms with Gasteiger partial charge in [0, 0.05) is 12.0 Å². The summed E-state index contributed by atoms with van der Waals surface area (Å²) >= 11 is 0. The number of hydrogen-bond acceptors (Lipinski definition) is 4. The van der Waals surface area contributed by atoms with Crippen LogP contribution in [0.4, 0.5) is 0 Å². The van der Waals surface area contributed by atoms with Crippen molar-refractivity contribution in [3.63, 3.8) is 0 Å². The number of primary amides is 1. The zero-order chi connectivity index (χ0) is 11.7. The molecule has 1 aromatic rings. The zero-order valence-corrected chi connectivity index (χ0v) is 8.47. The zero-order valence-electron chi connectivity index (χ0n) is 8.47. The Hall–Kier alpha value is -1.88. The third-order valence-corrected chi connectivity index (χ3v) is 1.50. The number of carbonyl (C=O) groups excluding carboxylic acids is 2. The molecule has 0 saturated carbocycles. The number of rotatable bonds is 3. The maximum Gasteiger partial charge on any atom is 0.217 e. The number of carbonyl (C=O) groups is 2. The Kier molecular flexibility index (Phi) is 6.57. The van der Waals surface area contributed by atoms with E-state index in [1.165, 1.54) is 0 Å². The normalized spacial score (nSPS) is 8.40. The van der Waals surface area contributed by atoms with E-state index in [1.807, 2.05) is 0 Å². The molecular formula is C10H14N2O3. The first kappa shape index (κ1) is 13.1. The third kappa shape index (κ3) is 6.23. The molecule has 1 rings (SSSR count). The lowest BCUT2D eigenvalue weighted by Crippen LogP contribution is -2.06. The summed E-state index contributed by atoms with van der Waals surface area (Å²) in [6.07, 6.45) is 1.21. The van der Waals surface area contributed by atoms with Crippen LogP contribution in [0.5, 0.6) is 5.75 Å². The van der Waals surface area contributed by atoms with E-state index in [-0.39, 0.29) is 5.91 Å². The van der Waals surface area contributed by atoms with Gasteiger partial charge in [-0.25, -0.2) is 0 Å². The molecule has 0 fully saturated rings. The Morgan fingerprint density at radius 1 is 1.40 bits per heavy atom. The van der Waals surface area contributed by atoms with E-state index < -0.39 is 0 Å². The van der Waals surface area contributed by atoms with E-state index in [4.69, 9.17) is 5.90 Å². The molecule has 0 bridgehead atoms. The summed E-state index contributed by atoms with van der Waals surface area (Å²) in [5, 5.41) is 0. The lowest BCUT2D eigenvalue weighted by molar-refractivity contribution is -0.117. The molecule has 0 atom stereocenters. The second kappa shape index (κ2) is 7.52. The van der Waals surface area contributed by atoms with Crippen molar-refractivity contribution >= 4 is 12.2 Å². The second-order valence-electron chi connectivity index (χ2n) is 2.62. The Labute approximate surface area is 88.0 Å². The Bertz CT molecular complexity index is 309. The predicted molar refractivity (Wildman–Crippen MR) is 56.1 cm³/mol. The van der Waals surface area contributed by atoms with E-state index in [0.717, 1.165) is 6.29 Å². The van der Waals surface area contributed by atoms with Gasteiger partial charge in [0.15, 0.2) is 0 Å². The van der Waals surface area contributed by atoms with Gasteiger partial charge in [-0.1, -0.05) is 6.92 Å². The molecule has 4 N–H and O–H groups in total. The van der Waals surface area contributed by atoms with E-state index in [0.29, 0.717) is 17.7 Å². The van der Waals surface area contributed by atoms with E-state index in [1.54, 1.807) is 31.2 Å². The minimum atomic E-state index is -0.245. The van der Waals surface area contributed by atoms with Gasteiger partial charge in [-0.05, 0) is 24.3 Å². The molecule has 0 saturated heterocycles. The molecule has 0 radical (unpaired) electrons. The standard InChI is InChI=1S/C7H7NO2.C3H7NO/c8-10-7-3-1-6(5-9)2-4-7;1-2-3(4)5/h1-5H,8H2;2H2,1H3,(H2,4,5). The van der Waals surface area contributed by atoms with Gasteiger partial charge in [-0.3, -0.25) is 9.59 Å². The summed E-state index contributed by atoms with van der Waals surface area (Å²) in [4.78, 5) is 24.1. The van der Waals surface area contributed by atoms with Crippen molar-refractivity contribution in [1.82, 2.24) is 0 Å².